The Bertz CT molecular complexity index is 1380. The third-order valence-electron chi connectivity index (χ3n) is 7.52. The van der Waals surface area contributed by atoms with Gasteiger partial charge < -0.3 is 19.9 Å². The van der Waals surface area contributed by atoms with Gasteiger partial charge in [-0.2, -0.15) is 10.4 Å². The van der Waals surface area contributed by atoms with E-state index in [2.05, 4.69) is 28.6 Å². The van der Waals surface area contributed by atoms with Crippen LogP contribution >= 0.6 is 0 Å². The number of hydrogen-bond donors (Lipinski definition) is 1. The second-order valence-electron chi connectivity index (χ2n) is 9.58. The predicted octanol–water partition coefficient (Wildman–Crippen LogP) is 3.01. The lowest BCUT2D eigenvalue weighted by atomic mass is 9.94. The SMILES string of the molecule is COc1ccc(-n2nc(C#N)c3c2C(=O)N(c2ccc(C4(CN5CCNC5=O)CC4)cc2)CC3)cc1. The molecule has 1 aromatic heterocycles. The highest BCUT2D eigenvalue weighted by Crippen LogP contribution is 2.49. The minimum absolute atomic E-state index is 0.00791. The number of benzene rings is 2. The zero-order valence-corrected chi connectivity index (χ0v) is 20.0. The van der Waals surface area contributed by atoms with E-state index in [9.17, 15) is 14.9 Å². The van der Waals surface area contributed by atoms with Crippen molar-refractivity contribution in [3.8, 4) is 17.5 Å². The number of nitrogens with one attached hydrogen (secondary N) is 1. The van der Waals surface area contributed by atoms with Crippen molar-refractivity contribution in [1.29, 1.82) is 5.26 Å². The van der Waals surface area contributed by atoms with Crippen molar-refractivity contribution in [2.45, 2.75) is 24.7 Å². The van der Waals surface area contributed by atoms with Crippen LogP contribution in [0.2, 0.25) is 0 Å². The summed E-state index contributed by atoms with van der Waals surface area (Å²) in [6.07, 6.45) is 2.66. The Hall–Kier alpha value is -4.32. The first kappa shape index (κ1) is 22.2. The number of methoxy groups -OCH3 is 1. The first-order valence-electron chi connectivity index (χ1n) is 12.1. The monoisotopic (exact) mass is 482 g/mol. The van der Waals surface area contributed by atoms with Crippen LogP contribution in [0, 0.1) is 11.3 Å². The van der Waals surface area contributed by atoms with E-state index in [1.807, 2.05) is 29.2 Å². The van der Waals surface area contributed by atoms with E-state index in [-0.39, 0.29) is 23.0 Å². The Morgan fingerprint density at radius 3 is 2.39 bits per heavy atom. The third kappa shape index (κ3) is 3.57. The molecular formula is C27H26N6O3. The average molecular weight is 483 g/mol. The molecule has 182 valence electrons. The zero-order valence-electron chi connectivity index (χ0n) is 20.0. The Balaban J connectivity index is 1.28. The van der Waals surface area contributed by atoms with Crippen molar-refractivity contribution in [2.75, 3.05) is 38.2 Å². The van der Waals surface area contributed by atoms with Crippen LogP contribution in [0.25, 0.3) is 5.69 Å². The first-order chi connectivity index (χ1) is 17.5. The normalized spacial score (nSPS) is 18.0. The van der Waals surface area contributed by atoms with E-state index in [1.165, 1.54) is 5.56 Å². The van der Waals surface area contributed by atoms with E-state index < -0.39 is 0 Å². The molecule has 0 bridgehead atoms. The van der Waals surface area contributed by atoms with Gasteiger partial charge in [0, 0.05) is 42.8 Å². The summed E-state index contributed by atoms with van der Waals surface area (Å²) in [5.74, 6) is 0.524. The molecule has 1 saturated heterocycles. The van der Waals surface area contributed by atoms with E-state index >= 15 is 0 Å². The summed E-state index contributed by atoms with van der Waals surface area (Å²) in [7, 11) is 1.60. The fraction of sp³-hybridized carbons (Fsp3) is 0.333. The number of nitrogens with zero attached hydrogens (tertiary/aromatic N) is 5. The Morgan fingerprint density at radius 2 is 1.78 bits per heavy atom. The van der Waals surface area contributed by atoms with E-state index in [1.54, 1.807) is 28.8 Å². The van der Waals surface area contributed by atoms with Gasteiger partial charge >= 0.3 is 6.03 Å². The third-order valence-corrected chi connectivity index (χ3v) is 7.52. The van der Waals surface area contributed by atoms with Crippen molar-refractivity contribution < 1.29 is 14.3 Å². The Labute approximate surface area is 208 Å². The molecule has 2 aliphatic heterocycles. The second kappa shape index (κ2) is 8.41. The van der Waals surface area contributed by atoms with Gasteiger partial charge in [-0.1, -0.05) is 12.1 Å². The number of fused-ring (bicyclic) bond motifs is 1. The van der Waals surface area contributed by atoms with Gasteiger partial charge in [-0.15, -0.1) is 0 Å². The molecule has 1 N–H and O–H groups in total. The lowest BCUT2D eigenvalue weighted by molar-refractivity contribution is 0.0973. The van der Waals surface area contributed by atoms with Crippen LogP contribution < -0.4 is 15.0 Å². The lowest BCUT2D eigenvalue weighted by Crippen LogP contribution is -2.39. The number of rotatable bonds is 6. The van der Waals surface area contributed by atoms with Crippen LogP contribution in [0.15, 0.2) is 48.5 Å². The molecule has 0 radical (unpaired) electrons. The Kier molecular flexibility index (Phi) is 5.18. The number of anilines is 1. The molecule has 3 heterocycles. The number of nitriles is 1. The molecule has 1 saturated carbocycles. The zero-order chi connectivity index (χ0) is 24.9. The number of urea groups is 1. The molecule has 0 spiro atoms. The molecule has 1 aliphatic carbocycles. The van der Waals surface area contributed by atoms with Gasteiger partial charge in [-0.25, -0.2) is 9.48 Å². The number of hydrogen-bond acceptors (Lipinski definition) is 5. The van der Waals surface area contributed by atoms with Crippen molar-refractivity contribution in [2.24, 2.45) is 0 Å². The predicted molar refractivity (Wildman–Crippen MR) is 133 cm³/mol. The molecule has 3 aromatic rings. The highest BCUT2D eigenvalue weighted by molar-refractivity contribution is 6.07. The van der Waals surface area contributed by atoms with Gasteiger partial charge in [-0.3, -0.25) is 4.79 Å². The molecule has 2 fully saturated rings. The van der Waals surface area contributed by atoms with Gasteiger partial charge in [0.25, 0.3) is 5.91 Å². The summed E-state index contributed by atoms with van der Waals surface area (Å²) in [5.41, 5.74) is 4.11. The maximum absolute atomic E-state index is 13.7. The number of aromatic nitrogens is 2. The molecule has 3 aliphatic rings. The number of carbonyl (C=O) groups is 2. The molecule has 6 rings (SSSR count). The first-order valence-corrected chi connectivity index (χ1v) is 12.1. The standard InChI is InChI=1S/C27H26N6O3/c1-36-21-8-6-20(7-9-21)33-24-22(23(16-28)30-33)10-14-32(25(24)34)19-4-2-18(3-5-19)27(11-12-27)17-31-15-13-29-26(31)35/h2-9H,10-15,17H2,1H3,(H,29,35). The van der Waals surface area contributed by atoms with Gasteiger partial charge in [0.1, 0.15) is 17.5 Å². The molecule has 3 amide bonds. The summed E-state index contributed by atoms with van der Waals surface area (Å²) < 4.78 is 6.81. The highest BCUT2D eigenvalue weighted by atomic mass is 16.5. The maximum Gasteiger partial charge on any atom is 0.317 e. The fourth-order valence-electron chi connectivity index (χ4n) is 5.32. The van der Waals surface area contributed by atoms with E-state index in [4.69, 9.17) is 4.74 Å². The van der Waals surface area contributed by atoms with Crippen molar-refractivity contribution >= 4 is 17.6 Å². The summed E-state index contributed by atoms with van der Waals surface area (Å²) >= 11 is 0. The van der Waals surface area contributed by atoms with Crippen LogP contribution in [-0.4, -0.2) is 59.9 Å². The van der Waals surface area contributed by atoms with E-state index in [0.717, 1.165) is 31.6 Å². The van der Waals surface area contributed by atoms with Crippen LogP contribution in [0.3, 0.4) is 0 Å². The largest absolute Gasteiger partial charge is 0.497 e. The van der Waals surface area contributed by atoms with Gasteiger partial charge in [-0.05, 0) is 61.2 Å². The van der Waals surface area contributed by atoms with Crippen LogP contribution in [0.5, 0.6) is 5.75 Å². The molecule has 9 heteroatoms. The average Bonchev–Trinajstić information content (AvgIpc) is 3.43. The number of amides is 3. The van der Waals surface area contributed by atoms with Crippen molar-refractivity contribution in [3.05, 3.63) is 71.0 Å². The quantitative estimate of drug-likeness (QED) is 0.582. The van der Waals surface area contributed by atoms with Gasteiger partial charge in [0.2, 0.25) is 0 Å². The van der Waals surface area contributed by atoms with Crippen LogP contribution in [0.4, 0.5) is 10.5 Å². The molecule has 0 atom stereocenters. The molecular weight excluding hydrogens is 456 g/mol. The topological polar surface area (TPSA) is 103 Å². The lowest BCUT2D eigenvalue weighted by Gasteiger charge is -2.28. The summed E-state index contributed by atoms with van der Waals surface area (Å²) in [4.78, 5) is 29.4. The summed E-state index contributed by atoms with van der Waals surface area (Å²) in [6, 6.07) is 17.6. The Morgan fingerprint density at radius 1 is 1.06 bits per heavy atom. The summed E-state index contributed by atoms with van der Waals surface area (Å²) in [6.45, 7) is 2.65. The van der Waals surface area contributed by atoms with E-state index in [0.29, 0.717) is 42.2 Å². The van der Waals surface area contributed by atoms with Crippen molar-refractivity contribution in [1.82, 2.24) is 20.0 Å². The maximum atomic E-state index is 13.7. The fourth-order valence-corrected chi connectivity index (χ4v) is 5.32. The molecule has 9 nitrogen and oxygen atoms in total. The van der Waals surface area contributed by atoms with Gasteiger partial charge in [0.15, 0.2) is 5.69 Å². The van der Waals surface area contributed by atoms with Gasteiger partial charge in [0.05, 0.1) is 12.8 Å². The molecule has 36 heavy (non-hydrogen) atoms. The summed E-state index contributed by atoms with van der Waals surface area (Å²) in [5, 5.41) is 17.0. The molecule has 2 aromatic carbocycles. The van der Waals surface area contributed by atoms with Crippen LogP contribution in [-0.2, 0) is 11.8 Å². The highest BCUT2D eigenvalue weighted by Gasteiger charge is 2.47. The smallest absolute Gasteiger partial charge is 0.317 e. The number of ether oxygens (including phenoxy) is 1. The van der Waals surface area contributed by atoms with Crippen LogP contribution in [0.1, 0.15) is 40.2 Å². The minimum atomic E-state index is -0.177. The van der Waals surface area contributed by atoms with Crippen molar-refractivity contribution in [3.63, 3.8) is 0 Å². The minimum Gasteiger partial charge on any atom is -0.497 e. The second-order valence-corrected chi connectivity index (χ2v) is 9.58. The number of carbonyl (C=O) groups excluding carboxylic acids is 2. The molecule has 0 unspecified atom stereocenters.